The molecular weight excluding hydrogens is 294 g/mol. The Morgan fingerprint density at radius 2 is 1.90 bits per heavy atom. The molecule has 20 heavy (non-hydrogen) atoms. The van der Waals surface area contributed by atoms with Crippen LogP contribution in [0.2, 0.25) is 0 Å². The lowest BCUT2D eigenvalue weighted by Gasteiger charge is -2.23. The average molecular weight is 315 g/mol. The lowest BCUT2D eigenvalue weighted by molar-refractivity contribution is 0.280. The number of rotatable bonds is 4. The van der Waals surface area contributed by atoms with Crippen LogP contribution in [-0.2, 0) is 16.6 Å². The van der Waals surface area contributed by atoms with Crippen LogP contribution in [0.4, 0.5) is 0 Å². The molecule has 0 bridgehead atoms. The van der Waals surface area contributed by atoms with Crippen LogP contribution in [0.15, 0.2) is 17.0 Å². The minimum atomic E-state index is -3.51. The molecule has 0 unspecified atom stereocenters. The summed E-state index contributed by atoms with van der Waals surface area (Å²) in [6.45, 7) is 3.52. The van der Waals surface area contributed by atoms with Crippen molar-refractivity contribution in [3.63, 3.8) is 0 Å². The minimum absolute atomic E-state index is 0.0273. The van der Waals surface area contributed by atoms with Crippen molar-refractivity contribution >= 4 is 21.8 Å². The van der Waals surface area contributed by atoms with E-state index in [0.29, 0.717) is 5.56 Å². The Bertz CT molecular complexity index is 578. The van der Waals surface area contributed by atoms with E-state index in [1.54, 1.807) is 13.0 Å². The molecule has 0 saturated carbocycles. The highest BCUT2D eigenvalue weighted by Gasteiger charge is 2.24. The third-order valence-corrected chi connectivity index (χ3v) is 6.35. The van der Waals surface area contributed by atoms with Gasteiger partial charge in [-0.2, -0.15) is 11.8 Å². The van der Waals surface area contributed by atoms with Crippen molar-refractivity contribution < 1.29 is 13.5 Å². The Morgan fingerprint density at radius 1 is 1.25 bits per heavy atom. The van der Waals surface area contributed by atoms with Gasteiger partial charge in [0.1, 0.15) is 0 Å². The fourth-order valence-corrected chi connectivity index (χ4v) is 5.12. The molecule has 1 aromatic rings. The smallest absolute Gasteiger partial charge is 0.241 e. The van der Waals surface area contributed by atoms with Gasteiger partial charge in [-0.05, 0) is 61.0 Å². The highest BCUT2D eigenvalue weighted by atomic mass is 32.2. The number of aliphatic hydroxyl groups is 1. The number of aliphatic hydroxyl groups excluding tert-OH is 1. The van der Waals surface area contributed by atoms with Gasteiger partial charge < -0.3 is 5.11 Å². The first-order valence-corrected chi connectivity index (χ1v) is 9.39. The van der Waals surface area contributed by atoms with Gasteiger partial charge in [-0.25, -0.2) is 13.1 Å². The molecule has 1 aromatic carbocycles. The van der Waals surface area contributed by atoms with E-state index in [2.05, 4.69) is 4.72 Å². The molecule has 1 fully saturated rings. The number of nitrogens with one attached hydrogen (secondary N) is 1. The number of hydrogen-bond acceptors (Lipinski definition) is 4. The lowest BCUT2D eigenvalue weighted by atomic mass is 10.1. The molecule has 1 aliphatic heterocycles. The summed E-state index contributed by atoms with van der Waals surface area (Å²) in [5.41, 5.74) is 2.30. The van der Waals surface area contributed by atoms with Crippen LogP contribution in [-0.4, -0.2) is 31.1 Å². The molecule has 0 amide bonds. The van der Waals surface area contributed by atoms with Crippen LogP contribution in [0.5, 0.6) is 0 Å². The second kappa shape index (κ2) is 6.47. The summed E-state index contributed by atoms with van der Waals surface area (Å²) >= 11 is 1.86. The van der Waals surface area contributed by atoms with Gasteiger partial charge in [0.2, 0.25) is 10.0 Å². The van der Waals surface area contributed by atoms with Crippen molar-refractivity contribution in [3.8, 4) is 0 Å². The Hall–Kier alpha value is -0.560. The largest absolute Gasteiger partial charge is 0.392 e. The van der Waals surface area contributed by atoms with Crippen LogP contribution < -0.4 is 4.72 Å². The normalized spacial score (nSPS) is 17.4. The molecule has 2 N–H and O–H groups in total. The predicted octanol–water partition coefficient (Wildman–Crippen LogP) is 1.97. The van der Waals surface area contributed by atoms with Crippen molar-refractivity contribution in [2.45, 2.75) is 44.2 Å². The van der Waals surface area contributed by atoms with Gasteiger partial charge in [0, 0.05) is 6.04 Å². The minimum Gasteiger partial charge on any atom is -0.392 e. The van der Waals surface area contributed by atoms with E-state index in [9.17, 15) is 13.5 Å². The molecule has 6 heteroatoms. The average Bonchev–Trinajstić information content (AvgIpc) is 2.39. The molecular formula is C14H21NO3S2. The molecule has 0 atom stereocenters. The first-order chi connectivity index (χ1) is 9.44. The summed E-state index contributed by atoms with van der Waals surface area (Å²) in [5, 5.41) is 9.30. The third kappa shape index (κ3) is 3.55. The van der Waals surface area contributed by atoms with E-state index in [1.807, 2.05) is 24.8 Å². The lowest BCUT2D eigenvalue weighted by Crippen LogP contribution is -2.37. The Morgan fingerprint density at radius 3 is 2.50 bits per heavy atom. The topological polar surface area (TPSA) is 66.4 Å². The SMILES string of the molecule is Cc1cc(C)c(S(=O)(=O)NC2CCSCC2)cc1CO. The molecule has 112 valence electrons. The van der Waals surface area contributed by atoms with Crippen molar-refractivity contribution in [1.82, 2.24) is 4.72 Å². The molecule has 4 nitrogen and oxygen atoms in total. The first kappa shape index (κ1) is 15.8. The van der Waals surface area contributed by atoms with Crippen LogP contribution in [0, 0.1) is 13.8 Å². The number of sulfonamides is 1. The number of hydrogen-bond donors (Lipinski definition) is 2. The second-order valence-electron chi connectivity index (χ2n) is 5.21. The first-order valence-electron chi connectivity index (χ1n) is 6.75. The predicted molar refractivity (Wildman–Crippen MR) is 82.5 cm³/mol. The van der Waals surface area contributed by atoms with E-state index in [-0.39, 0.29) is 17.5 Å². The van der Waals surface area contributed by atoms with Crippen LogP contribution in [0.1, 0.15) is 29.5 Å². The van der Waals surface area contributed by atoms with Crippen LogP contribution in [0.25, 0.3) is 0 Å². The second-order valence-corrected chi connectivity index (χ2v) is 8.12. The molecule has 2 rings (SSSR count). The van der Waals surface area contributed by atoms with Crippen LogP contribution >= 0.6 is 11.8 Å². The van der Waals surface area contributed by atoms with Gasteiger partial charge in [-0.15, -0.1) is 0 Å². The molecule has 0 aromatic heterocycles. The highest BCUT2D eigenvalue weighted by Crippen LogP contribution is 2.23. The van der Waals surface area contributed by atoms with Crippen molar-refractivity contribution in [2.24, 2.45) is 0 Å². The maximum Gasteiger partial charge on any atom is 0.241 e. The van der Waals surface area contributed by atoms with Crippen LogP contribution in [0.3, 0.4) is 0 Å². The number of aryl methyl sites for hydroxylation is 2. The van der Waals surface area contributed by atoms with Crippen molar-refractivity contribution in [2.75, 3.05) is 11.5 Å². The Balaban J connectivity index is 2.28. The quantitative estimate of drug-likeness (QED) is 0.891. The molecule has 0 radical (unpaired) electrons. The maximum atomic E-state index is 12.5. The van der Waals surface area contributed by atoms with E-state index in [1.165, 1.54) is 0 Å². The Kier molecular flexibility index (Phi) is 5.12. The number of benzene rings is 1. The monoisotopic (exact) mass is 315 g/mol. The van der Waals surface area contributed by atoms with Gasteiger partial charge in [-0.3, -0.25) is 0 Å². The van der Waals surface area contributed by atoms with Gasteiger partial charge >= 0.3 is 0 Å². The van der Waals surface area contributed by atoms with Gasteiger partial charge in [0.25, 0.3) is 0 Å². The van der Waals surface area contributed by atoms with Gasteiger partial charge in [0.05, 0.1) is 11.5 Å². The summed E-state index contributed by atoms with van der Waals surface area (Å²) in [6, 6.07) is 3.43. The Labute approximate surface area is 125 Å². The zero-order valence-corrected chi connectivity index (χ0v) is 13.5. The van der Waals surface area contributed by atoms with E-state index in [4.69, 9.17) is 0 Å². The maximum absolute atomic E-state index is 12.5. The summed E-state index contributed by atoms with van der Waals surface area (Å²) in [4.78, 5) is 0.283. The molecule has 0 aliphatic carbocycles. The fourth-order valence-electron chi connectivity index (χ4n) is 2.43. The summed E-state index contributed by atoms with van der Waals surface area (Å²) in [5.74, 6) is 2.00. The van der Waals surface area contributed by atoms with E-state index >= 15 is 0 Å². The number of thioether (sulfide) groups is 1. The third-order valence-electron chi connectivity index (χ3n) is 3.64. The zero-order valence-electron chi connectivity index (χ0n) is 11.8. The summed E-state index contributed by atoms with van der Waals surface area (Å²) in [7, 11) is -3.51. The molecule has 1 saturated heterocycles. The van der Waals surface area contributed by atoms with Gasteiger partial charge in [0.15, 0.2) is 0 Å². The fraction of sp³-hybridized carbons (Fsp3) is 0.571. The van der Waals surface area contributed by atoms with E-state index in [0.717, 1.165) is 35.5 Å². The highest BCUT2D eigenvalue weighted by molar-refractivity contribution is 7.99. The zero-order chi connectivity index (χ0) is 14.8. The summed E-state index contributed by atoms with van der Waals surface area (Å²) < 4.78 is 27.8. The molecule has 1 aliphatic rings. The van der Waals surface area contributed by atoms with Crippen molar-refractivity contribution in [3.05, 3.63) is 28.8 Å². The molecule has 1 heterocycles. The van der Waals surface area contributed by atoms with E-state index < -0.39 is 10.0 Å². The molecule has 0 spiro atoms. The summed E-state index contributed by atoms with van der Waals surface area (Å²) in [6.07, 6.45) is 1.75. The standard InChI is InChI=1S/C14H21NO3S2/c1-10-7-11(2)14(8-12(10)9-16)20(17,18)15-13-3-5-19-6-4-13/h7-8,13,15-16H,3-6,9H2,1-2H3. The van der Waals surface area contributed by atoms with Gasteiger partial charge in [-0.1, -0.05) is 6.07 Å². The van der Waals surface area contributed by atoms with Crippen molar-refractivity contribution in [1.29, 1.82) is 0 Å².